The predicted octanol–water partition coefficient (Wildman–Crippen LogP) is 5.84. The van der Waals surface area contributed by atoms with E-state index in [1.807, 2.05) is 26.4 Å². The highest BCUT2D eigenvalue weighted by Crippen LogP contribution is 2.36. The maximum atomic E-state index is 13.3. The Balaban J connectivity index is 1.15. The summed E-state index contributed by atoms with van der Waals surface area (Å²) >= 11 is 0. The molecule has 3 atom stereocenters. The molecular formula is C36H53N3O5. The van der Waals surface area contributed by atoms with Crippen molar-refractivity contribution in [3.63, 3.8) is 0 Å². The molecule has 2 heterocycles. The molecule has 0 bridgehead atoms. The van der Waals surface area contributed by atoms with E-state index in [0.717, 1.165) is 36.5 Å². The van der Waals surface area contributed by atoms with Crippen molar-refractivity contribution in [1.29, 1.82) is 0 Å². The van der Waals surface area contributed by atoms with E-state index in [-0.39, 0.29) is 17.9 Å². The molecule has 3 saturated carbocycles. The van der Waals surface area contributed by atoms with E-state index >= 15 is 0 Å². The highest BCUT2D eigenvalue weighted by atomic mass is 16.5. The number of amides is 2. The van der Waals surface area contributed by atoms with Crippen molar-refractivity contribution in [3.05, 3.63) is 41.6 Å². The lowest BCUT2D eigenvalue weighted by molar-refractivity contribution is -0.126. The lowest BCUT2D eigenvalue weighted by Gasteiger charge is -2.44. The average molecular weight is 608 g/mol. The summed E-state index contributed by atoms with van der Waals surface area (Å²) in [5, 5.41) is 2.83. The van der Waals surface area contributed by atoms with Crippen LogP contribution in [0.2, 0.25) is 0 Å². The third kappa shape index (κ3) is 7.18. The van der Waals surface area contributed by atoms with E-state index in [2.05, 4.69) is 22.9 Å². The molecule has 4 fully saturated rings. The third-order valence-electron chi connectivity index (χ3n) is 11.3. The number of nitrogens with one attached hydrogen (secondary N) is 1. The summed E-state index contributed by atoms with van der Waals surface area (Å²) in [7, 11) is 3.71. The molecule has 3 aliphatic carbocycles. The number of piperidine rings is 1. The lowest BCUT2D eigenvalue weighted by Crippen LogP contribution is -2.51. The van der Waals surface area contributed by atoms with Crippen molar-refractivity contribution in [3.8, 4) is 5.75 Å². The fourth-order valence-corrected chi connectivity index (χ4v) is 8.62. The number of benzene rings is 1. The van der Waals surface area contributed by atoms with Gasteiger partial charge < -0.3 is 24.4 Å². The highest BCUT2D eigenvalue weighted by molar-refractivity contribution is 6.01. The molecule has 1 unspecified atom stereocenters. The van der Waals surface area contributed by atoms with Gasteiger partial charge in [0.25, 0.3) is 5.91 Å². The molecule has 1 saturated heterocycles. The van der Waals surface area contributed by atoms with Crippen molar-refractivity contribution in [2.24, 2.45) is 11.8 Å². The van der Waals surface area contributed by atoms with Gasteiger partial charge in [-0.3, -0.25) is 14.5 Å². The average Bonchev–Trinajstić information content (AvgIpc) is 3.36. The van der Waals surface area contributed by atoms with Crippen LogP contribution in [0.25, 0.3) is 0 Å². The Labute approximate surface area is 263 Å². The molecular weight excluding hydrogens is 554 g/mol. The van der Waals surface area contributed by atoms with Gasteiger partial charge in [-0.25, -0.2) is 0 Å². The van der Waals surface area contributed by atoms with Crippen molar-refractivity contribution < 1.29 is 23.8 Å². The Morgan fingerprint density at radius 2 is 1.50 bits per heavy atom. The summed E-state index contributed by atoms with van der Waals surface area (Å²) in [6.45, 7) is 6.63. The number of hydrogen-bond acceptors (Lipinski definition) is 6. The fourth-order valence-electron chi connectivity index (χ4n) is 8.62. The van der Waals surface area contributed by atoms with Crippen LogP contribution in [-0.4, -0.2) is 79.3 Å². The molecule has 0 spiro atoms. The van der Waals surface area contributed by atoms with E-state index in [1.54, 1.807) is 4.90 Å². The molecule has 0 radical (unpaired) electrons. The van der Waals surface area contributed by atoms with Gasteiger partial charge in [0, 0.05) is 51.2 Å². The minimum atomic E-state index is -0.445. The monoisotopic (exact) mass is 607 g/mol. The number of carbonyl (C=O) groups is 2. The summed E-state index contributed by atoms with van der Waals surface area (Å²) in [4.78, 5) is 30.5. The number of ether oxygens (including phenoxy) is 3. The quantitative estimate of drug-likeness (QED) is 0.360. The van der Waals surface area contributed by atoms with Gasteiger partial charge in [0.1, 0.15) is 17.9 Å². The SMILES string of the molecule is C=C1CCC(N2Cc3cc(O[C@@H]4CCCC[C@@H]4N(CC4CCC(OC)CC4)CC4CCC(OC)CC4)ccc3C2=O)C(=O)N1. The van der Waals surface area contributed by atoms with Crippen LogP contribution >= 0.6 is 0 Å². The summed E-state index contributed by atoms with van der Waals surface area (Å²) in [5.74, 6) is 2.08. The molecule has 6 rings (SSSR count). The van der Waals surface area contributed by atoms with Crippen molar-refractivity contribution >= 4 is 11.8 Å². The number of carbonyl (C=O) groups excluding carboxylic acids is 2. The molecule has 1 aromatic rings. The van der Waals surface area contributed by atoms with Gasteiger partial charge in [0.05, 0.1) is 12.2 Å². The van der Waals surface area contributed by atoms with Crippen LogP contribution in [0.3, 0.4) is 0 Å². The number of allylic oxidation sites excluding steroid dienone is 1. The maximum Gasteiger partial charge on any atom is 0.255 e. The van der Waals surface area contributed by atoms with E-state index in [0.29, 0.717) is 55.0 Å². The molecule has 1 N–H and O–H groups in total. The van der Waals surface area contributed by atoms with E-state index in [1.165, 1.54) is 70.6 Å². The Bertz CT molecular complexity index is 1150. The number of hydrogen-bond donors (Lipinski definition) is 1. The Kier molecular flexibility index (Phi) is 10.3. The van der Waals surface area contributed by atoms with Gasteiger partial charge in [0.15, 0.2) is 0 Å². The molecule has 242 valence electrons. The molecule has 1 aromatic carbocycles. The molecule has 2 aliphatic heterocycles. The van der Waals surface area contributed by atoms with Crippen molar-refractivity contribution in [2.75, 3.05) is 27.3 Å². The second-order valence-corrected chi connectivity index (χ2v) is 14.1. The van der Waals surface area contributed by atoms with Crippen LogP contribution in [0.4, 0.5) is 0 Å². The Morgan fingerprint density at radius 1 is 0.864 bits per heavy atom. The number of rotatable bonds is 10. The standard InChI is InChI=1S/C36H53N3O5/c1-24-8-19-33(35(40)37-24)39-23-27-20-30(17-18-31(27)36(39)41)44-34-7-5-4-6-32(34)38(21-25-9-13-28(42-2)14-10-25)22-26-11-15-29(43-3)16-12-26/h17-18,20,25-26,28-29,32-34H,1,4-16,19,21-23H2,2-3H3,(H,37,40)/t25?,26?,28?,29?,32-,33?,34+/m0/s1. The Morgan fingerprint density at radius 3 is 2.11 bits per heavy atom. The predicted molar refractivity (Wildman–Crippen MR) is 170 cm³/mol. The van der Waals surface area contributed by atoms with Crippen LogP contribution in [0.15, 0.2) is 30.5 Å². The molecule has 2 amide bonds. The van der Waals surface area contributed by atoms with Gasteiger partial charge >= 0.3 is 0 Å². The minimum absolute atomic E-state index is 0.0627. The lowest BCUT2D eigenvalue weighted by atomic mass is 9.83. The van der Waals surface area contributed by atoms with Crippen LogP contribution in [0.1, 0.15) is 106 Å². The normalized spacial score (nSPS) is 32.9. The van der Waals surface area contributed by atoms with Crippen LogP contribution in [0, 0.1) is 11.8 Å². The summed E-state index contributed by atoms with van der Waals surface area (Å²) in [6.07, 6.45) is 16.6. The Hall–Kier alpha value is -2.42. The zero-order valence-corrected chi connectivity index (χ0v) is 26.9. The van der Waals surface area contributed by atoms with E-state index in [4.69, 9.17) is 14.2 Å². The first-order chi connectivity index (χ1) is 21.4. The fraction of sp³-hybridized carbons (Fsp3) is 0.722. The first-order valence-corrected chi connectivity index (χ1v) is 17.3. The zero-order valence-electron chi connectivity index (χ0n) is 26.9. The topological polar surface area (TPSA) is 80.3 Å². The molecule has 8 nitrogen and oxygen atoms in total. The number of fused-ring (bicyclic) bond motifs is 1. The zero-order chi connectivity index (χ0) is 30.6. The summed E-state index contributed by atoms with van der Waals surface area (Å²) in [6, 6.07) is 5.89. The molecule has 44 heavy (non-hydrogen) atoms. The highest BCUT2D eigenvalue weighted by Gasteiger charge is 2.39. The third-order valence-corrected chi connectivity index (χ3v) is 11.3. The number of methoxy groups -OCH3 is 2. The van der Waals surface area contributed by atoms with Gasteiger partial charge in [0.2, 0.25) is 5.91 Å². The van der Waals surface area contributed by atoms with E-state index in [9.17, 15) is 9.59 Å². The number of nitrogens with zero attached hydrogens (tertiary/aromatic N) is 2. The van der Waals surface area contributed by atoms with Gasteiger partial charge in [-0.05, 0) is 119 Å². The van der Waals surface area contributed by atoms with Gasteiger partial charge in [-0.1, -0.05) is 13.0 Å². The van der Waals surface area contributed by atoms with Gasteiger partial charge in [-0.15, -0.1) is 0 Å². The molecule has 8 heteroatoms. The van der Waals surface area contributed by atoms with Crippen molar-refractivity contribution in [2.45, 2.75) is 127 Å². The summed E-state index contributed by atoms with van der Waals surface area (Å²) in [5.41, 5.74) is 2.38. The van der Waals surface area contributed by atoms with Crippen LogP contribution < -0.4 is 10.1 Å². The second-order valence-electron chi connectivity index (χ2n) is 14.1. The smallest absolute Gasteiger partial charge is 0.255 e. The van der Waals surface area contributed by atoms with E-state index < -0.39 is 6.04 Å². The molecule has 0 aromatic heterocycles. The minimum Gasteiger partial charge on any atom is -0.489 e. The maximum absolute atomic E-state index is 13.3. The first kappa shape index (κ1) is 31.6. The van der Waals surface area contributed by atoms with Crippen molar-refractivity contribution in [1.82, 2.24) is 15.1 Å². The van der Waals surface area contributed by atoms with Crippen LogP contribution in [-0.2, 0) is 20.8 Å². The molecule has 5 aliphatic rings. The largest absolute Gasteiger partial charge is 0.489 e. The van der Waals surface area contributed by atoms with Crippen LogP contribution in [0.5, 0.6) is 5.75 Å². The second kappa shape index (κ2) is 14.3. The summed E-state index contributed by atoms with van der Waals surface area (Å²) < 4.78 is 18.2. The van der Waals surface area contributed by atoms with Gasteiger partial charge in [-0.2, -0.15) is 0 Å². The first-order valence-electron chi connectivity index (χ1n) is 17.3.